The number of rotatable bonds is 9. The molecule has 4 aromatic rings. The van der Waals surface area contributed by atoms with Crippen LogP contribution < -0.4 is 14.2 Å². The van der Waals surface area contributed by atoms with Crippen molar-refractivity contribution >= 4 is 11.7 Å². The molecule has 1 aliphatic heterocycles. The maximum Gasteiger partial charge on any atom is 0.253 e. The minimum Gasteiger partial charge on any atom is -0.493 e. The number of aromatic nitrogens is 2. The topological polar surface area (TPSA) is 82.9 Å². The van der Waals surface area contributed by atoms with Crippen LogP contribution in [-0.2, 0) is 6.54 Å². The smallest absolute Gasteiger partial charge is 0.253 e. The molecule has 0 spiro atoms. The number of likely N-dealkylation sites (tertiary alicyclic amines) is 1. The summed E-state index contributed by atoms with van der Waals surface area (Å²) >= 11 is 0. The van der Waals surface area contributed by atoms with Crippen molar-refractivity contribution in [2.24, 2.45) is 0 Å². The van der Waals surface area contributed by atoms with Crippen LogP contribution in [0.2, 0.25) is 0 Å². The summed E-state index contributed by atoms with van der Waals surface area (Å²) in [6, 6.07) is 20.0. The highest BCUT2D eigenvalue weighted by molar-refractivity contribution is 6.09. The van der Waals surface area contributed by atoms with Crippen LogP contribution in [0.15, 0.2) is 79.1 Å². The third-order valence-electron chi connectivity index (χ3n) is 7.40. The van der Waals surface area contributed by atoms with Gasteiger partial charge in [-0.05, 0) is 42.7 Å². The molecule has 0 aliphatic carbocycles. The zero-order valence-corrected chi connectivity index (χ0v) is 23.0. The van der Waals surface area contributed by atoms with Gasteiger partial charge in [-0.25, -0.2) is 4.98 Å². The van der Waals surface area contributed by atoms with Crippen LogP contribution in [0.4, 0.5) is 0 Å². The minimum absolute atomic E-state index is 0.0158. The summed E-state index contributed by atoms with van der Waals surface area (Å²) in [5.41, 5.74) is 2.80. The van der Waals surface area contributed by atoms with Gasteiger partial charge in [0.2, 0.25) is 5.75 Å². The van der Waals surface area contributed by atoms with Crippen LogP contribution in [0.3, 0.4) is 0 Å². The number of hydrogen-bond donors (Lipinski definition) is 0. The third-order valence-corrected chi connectivity index (χ3v) is 7.40. The number of piperidine rings is 1. The van der Waals surface area contributed by atoms with E-state index < -0.39 is 0 Å². The average molecular weight is 540 g/mol. The fourth-order valence-corrected chi connectivity index (χ4v) is 5.28. The van der Waals surface area contributed by atoms with E-state index in [1.165, 1.54) is 0 Å². The maximum absolute atomic E-state index is 13.2. The minimum atomic E-state index is -0.0533. The number of benzene rings is 3. The van der Waals surface area contributed by atoms with Gasteiger partial charge in [-0.1, -0.05) is 42.5 Å². The van der Waals surface area contributed by atoms with Crippen molar-refractivity contribution in [2.75, 3.05) is 34.4 Å². The SMILES string of the molecule is COc1cc(Cn2ccnc2C2CCN(C(=O)c3ccc(C(=O)c4ccccc4)cc3)CC2)cc(OC)c1OC. The van der Waals surface area contributed by atoms with Gasteiger partial charge >= 0.3 is 0 Å². The second-order valence-electron chi connectivity index (χ2n) is 9.79. The number of nitrogens with zero attached hydrogens (tertiary/aromatic N) is 3. The third kappa shape index (κ3) is 5.57. The van der Waals surface area contributed by atoms with Crippen molar-refractivity contribution in [3.8, 4) is 17.2 Å². The fourth-order valence-electron chi connectivity index (χ4n) is 5.28. The number of amides is 1. The van der Waals surface area contributed by atoms with Gasteiger partial charge in [-0.3, -0.25) is 9.59 Å². The van der Waals surface area contributed by atoms with Gasteiger partial charge in [-0.15, -0.1) is 0 Å². The average Bonchev–Trinajstić information content (AvgIpc) is 3.48. The van der Waals surface area contributed by atoms with E-state index in [2.05, 4.69) is 9.55 Å². The maximum atomic E-state index is 13.2. The molecule has 3 aromatic carbocycles. The summed E-state index contributed by atoms with van der Waals surface area (Å²) in [6.07, 6.45) is 5.45. The van der Waals surface area contributed by atoms with E-state index in [-0.39, 0.29) is 17.6 Å². The van der Waals surface area contributed by atoms with Crippen LogP contribution in [0.25, 0.3) is 0 Å². The Morgan fingerprint density at radius 3 is 2.02 bits per heavy atom. The Morgan fingerprint density at radius 2 is 1.43 bits per heavy atom. The molecular formula is C32H33N3O5. The zero-order valence-electron chi connectivity index (χ0n) is 23.0. The van der Waals surface area contributed by atoms with Gasteiger partial charge in [0, 0.05) is 54.6 Å². The van der Waals surface area contributed by atoms with Crippen molar-refractivity contribution in [3.05, 3.63) is 107 Å². The summed E-state index contributed by atoms with van der Waals surface area (Å²) in [4.78, 5) is 32.5. The lowest BCUT2D eigenvalue weighted by atomic mass is 9.95. The van der Waals surface area contributed by atoms with Crippen molar-refractivity contribution in [1.82, 2.24) is 14.5 Å². The molecule has 2 heterocycles. The molecule has 0 radical (unpaired) electrons. The van der Waals surface area contributed by atoms with E-state index in [0.29, 0.717) is 53.6 Å². The summed E-state index contributed by atoms with van der Waals surface area (Å²) in [7, 11) is 4.81. The van der Waals surface area contributed by atoms with Crippen molar-refractivity contribution < 1.29 is 23.8 Å². The van der Waals surface area contributed by atoms with Gasteiger partial charge in [0.25, 0.3) is 5.91 Å². The molecule has 1 aromatic heterocycles. The number of hydrogen-bond acceptors (Lipinski definition) is 6. The van der Waals surface area contributed by atoms with Gasteiger partial charge in [0.15, 0.2) is 17.3 Å². The molecule has 40 heavy (non-hydrogen) atoms. The highest BCUT2D eigenvalue weighted by Gasteiger charge is 2.27. The Morgan fingerprint density at radius 1 is 0.825 bits per heavy atom. The largest absolute Gasteiger partial charge is 0.493 e. The Kier molecular flexibility index (Phi) is 8.15. The predicted octanol–water partition coefficient (Wildman–Crippen LogP) is 5.21. The lowest BCUT2D eigenvalue weighted by Gasteiger charge is -2.32. The first-order valence-electron chi connectivity index (χ1n) is 13.3. The van der Waals surface area contributed by atoms with E-state index in [1.807, 2.05) is 47.6 Å². The lowest BCUT2D eigenvalue weighted by molar-refractivity contribution is 0.0710. The molecule has 1 amide bonds. The number of carbonyl (C=O) groups excluding carboxylic acids is 2. The molecule has 0 bridgehead atoms. The molecule has 0 N–H and O–H groups in total. The van der Waals surface area contributed by atoms with Gasteiger partial charge < -0.3 is 23.7 Å². The summed E-state index contributed by atoms with van der Waals surface area (Å²) < 4.78 is 18.6. The number of ether oxygens (including phenoxy) is 3. The zero-order chi connectivity index (χ0) is 28.1. The Labute approximate surface area is 234 Å². The first-order chi connectivity index (χ1) is 19.5. The predicted molar refractivity (Wildman–Crippen MR) is 152 cm³/mol. The standard InChI is InChI=1S/C32H33N3O5/c1-38-27-19-22(20-28(39-2)30(27)40-3)21-35-18-15-33-31(35)25-13-16-34(17-14-25)32(37)26-11-9-24(10-12-26)29(36)23-7-5-4-6-8-23/h4-12,15,18-20,25H,13-14,16-17,21H2,1-3H3. The molecule has 8 nitrogen and oxygen atoms in total. The lowest BCUT2D eigenvalue weighted by Crippen LogP contribution is -2.38. The highest BCUT2D eigenvalue weighted by atomic mass is 16.5. The second-order valence-corrected chi connectivity index (χ2v) is 9.79. The van der Waals surface area contributed by atoms with E-state index in [0.717, 1.165) is 24.2 Å². The summed E-state index contributed by atoms with van der Waals surface area (Å²) in [6.45, 7) is 1.90. The van der Waals surface area contributed by atoms with E-state index in [4.69, 9.17) is 14.2 Å². The number of ketones is 1. The normalized spacial score (nSPS) is 13.6. The van der Waals surface area contributed by atoms with Crippen LogP contribution in [0.5, 0.6) is 17.2 Å². The van der Waals surface area contributed by atoms with Crippen LogP contribution >= 0.6 is 0 Å². The van der Waals surface area contributed by atoms with Crippen LogP contribution in [-0.4, -0.2) is 60.6 Å². The van der Waals surface area contributed by atoms with E-state index >= 15 is 0 Å². The first kappa shape index (κ1) is 27.0. The highest BCUT2D eigenvalue weighted by Crippen LogP contribution is 2.38. The van der Waals surface area contributed by atoms with Crippen molar-refractivity contribution in [3.63, 3.8) is 0 Å². The Bertz CT molecular complexity index is 1450. The molecule has 0 atom stereocenters. The number of carbonyl (C=O) groups is 2. The van der Waals surface area contributed by atoms with E-state index in [9.17, 15) is 9.59 Å². The van der Waals surface area contributed by atoms with Crippen molar-refractivity contribution in [2.45, 2.75) is 25.3 Å². The van der Waals surface area contributed by atoms with Crippen molar-refractivity contribution in [1.29, 1.82) is 0 Å². The molecule has 8 heteroatoms. The molecular weight excluding hydrogens is 506 g/mol. The number of methoxy groups -OCH3 is 3. The van der Waals surface area contributed by atoms with E-state index in [1.54, 1.807) is 57.7 Å². The monoisotopic (exact) mass is 539 g/mol. The molecule has 206 valence electrons. The van der Waals surface area contributed by atoms with Crippen LogP contribution in [0.1, 0.15) is 56.4 Å². The van der Waals surface area contributed by atoms with Crippen LogP contribution in [0, 0.1) is 0 Å². The first-order valence-corrected chi connectivity index (χ1v) is 13.3. The molecule has 1 aliphatic rings. The molecule has 5 rings (SSSR count). The number of imidazole rings is 1. The fraction of sp³-hybridized carbons (Fsp3) is 0.281. The summed E-state index contributed by atoms with van der Waals surface area (Å²) in [5, 5.41) is 0. The molecule has 0 unspecified atom stereocenters. The van der Waals surface area contributed by atoms with Gasteiger partial charge in [0.05, 0.1) is 21.3 Å². The second kappa shape index (κ2) is 12.1. The molecule has 0 saturated carbocycles. The summed E-state index contributed by atoms with van der Waals surface area (Å²) in [5.74, 6) is 2.97. The quantitative estimate of drug-likeness (QED) is 0.272. The molecule has 1 fully saturated rings. The molecule has 1 saturated heterocycles. The van der Waals surface area contributed by atoms with Gasteiger partial charge in [0.1, 0.15) is 5.82 Å². The Hall–Kier alpha value is -4.59. The van der Waals surface area contributed by atoms with Gasteiger partial charge in [-0.2, -0.15) is 0 Å². The Balaban J connectivity index is 1.23.